The van der Waals surface area contributed by atoms with Gasteiger partial charge in [-0.1, -0.05) is 13.0 Å². The van der Waals surface area contributed by atoms with Crippen LogP contribution in [0.4, 0.5) is 0 Å². The van der Waals surface area contributed by atoms with Crippen LogP contribution in [0.2, 0.25) is 0 Å². The molecule has 1 unspecified atom stereocenters. The molecule has 2 rings (SSSR count). The molecule has 0 bridgehead atoms. The molecule has 1 aromatic heterocycles. The van der Waals surface area contributed by atoms with Gasteiger partial charge in [-0.15, -0.1) is 11.3 Å². The second kappa shape index (κ2) is 8.00. The Morgan fingerprint density at radius 1 is 1.33 bits per heavy atom. The Morgan fingerprint density at radius 3 is 2.86 bits per heavy atom. The maximum absolute atomic E-state index is 5.81. The van der Waals surface area contributed by atoms with Crippen LogP contribution in [0.3, 0.4) is 0 Å². The highest BCUT2D eigenvalue weighted by Crippen LogP contribution is 2.31. The molecule has 0 saturated heterocycles. The number of rotatable bonds is 8. The summed E-state index contributed by atoms with van der Waals surface area (Å²) in [4.78, 5) is 5.14. The Bertz CT molecular complexity index is 543. The molecule has 0 spiro atoms. The quantitative estimate of drug-likeness (QED) is 0.806. The summed E-state index contributed by atoms with van der Waals surface area (Å²) in [6.45, 7) is 5.84. The number of benzene rings is 1. The van der Waals surface area contributed by atoms with E-state index < -0.39 is 0 Å². The molecule has 0 radical (unpaired) electrons. The van der Waals surface area contributed by atoms with Crippen LogP contribution >= 0.6 is 11.3 Å². The Hall–Kier alpha value is -1.59. The van der Waals surface area contributed by atoms with Crippen LogP contribution in [0.5, 0.6) is 11.5 Å². The first-order chi connectivity index (χ1) is 10.2. The van der Waals surface area contributed by atoms with E-state index in [4.69, 9.17) is 9.47 Å². The minimum atomic E-state index is 0.300. The SMILES string of the molecule is CCCNC(C)c1ccc(OCc2cncs2)c(OC)c1. The standard InChI is InChI=1S/C16H22N2O2S/c1-4-7-18-12(2)13-5-6-15(16(8-13)19-3)20-10-14-9-17-11-21-14/h5-6,8-9,11-12,18H,4,7,10H2,1-3H3. The van der Waals surface area contributed by atoms with Crippen molar-refractivity contribution in [3.63, 3.8) is 0 Å². The fourth-order valence-corrected chi connectivity index (χ4v) is 2.52. The molecule has 0 aliphatic rings. The lowest BCUT2D eigenvalue weighted by molar-refractivity contribution is 0.286. The molecule has 114 valence electrons. The summed E-state index contributed by atoms with van der Waals surface area (Å²) in [5, 5.41) is 3.47. The van der Waals surface area contributed by atoms with E-state index in [1.165, 1.54) is 5.56 Å². The van der Waals surface area contributed by atoms with E-state index >= 15 is 0 Å². The van der Waals surface area contributed by atoms with Crippen molar-refractivity contribution in [1.82, 2.24) is 10.3 Å². The normalized spacial score (nSPS) is 12.1. The molecule has 1 heterocycles. The van der Waals surface area contributed by atoms with Crippen LogP contribution in [0.15, 0.2) is 29.9 Å². The Kier molecular flexibility index (Phi) is 6.02. The lowest BCUT2D eigenvalue weighted by atomic mass is 10.1. The summed E-state index contributed by atoms with van der Waals surface area (Å²) in [5.41, 5.74) is 3.01. The molecule has 1 N–H and O–H groups in total. The van der Waals surface area contributed by atoms with Gasteiger partial charge in [0.1, 0.15) is 6.61 Å². The van der Waals surface area contributed by atoms with Crippen molar-refractivity contribution >= 4 is 11.3 Å². The minimum absolute atomic E-state index is 0.300. The van der Waals surface area contributed by atoms with Gasteiger partial charge >= 0.3 is 0 Å². The second-order valence-electron chi connectivity index (χ2n) is 4.84. The van der Waals surface area contributed by atoms with Gasteiger partial charge in [-0.2, -0.15) is 0 Å². The minimum Gasteiger partial charge on any atom is -0.493 e. The zero-order chi connectivity index (χ0) is 15.1. The zero-order valence-electron chi connectivity index (χ0n) is 12.8. The highest BCUT2D eigenvalue weighted by molar-refractivity contribution is 7.09. The van der Waals surface area contributed by atoms with Gasteiger partial charge in [0.15, 0.2) is 11.5 Å². The van der Waals surface area contributed by atoms with Gasteiger partial charge in [0.25, 0.3) is 0 Å². The van der Waals surface area contributed by atoms with Crippen molar-refractivity contribution in [2.24, 2.45) is 0 Å². The van der Waals surface area contributed by atoms with Gasteiger partial charge in [0.05, 0.1) is 17.5 Å². The topological polar surface area (TPSA) is 43.4 Å². The Labute approximate surface area is 130 Å². The maximum atomic E-state index is 5.81. The smallest absolute Gasteiger partial charge is 0.161 e. The summed E-state index contributed by atoms with van der Waals surface area (Å²) in [7, 11) is 1.67. The highest BCUT2D eigenvalue weighted by atomic mass is 32.1. The largest absolute Gasteiger partial charge is 0.493 e. The van der Waals surface area contributed by atoms with Gasteiger partial charge in [-0.3, -0.25) is 4.98 Å². The molecule has 2 aromatic rings. The van der Waals surface area contributed by atoms with Gasteiger partial charge in [-0.25, -0.2) is 0 Å². The number of aromatic nitrogens is 1. The lowest BCUT2D eigenvalue weighted by Gasteiger charge is -2.16. The van der Waals surface area contributed by atoms with Crippen molar-refractivity contribution < 1.29 is 9.47 Å². The first-order valence-corrected chi connectivity index (χ1v) is 8.04. The van der Waals surface area contributed by atoms with E-state index in [2.05, 4.69) is 30.2 Å². The lowest BCUT2D eigenvalue weighted by Crippen LogP contribution is -2.19. The van der Waals surface area contributed by atoms with Crippen molar-refractivity contribution in [2.75, 3.05) is 13.7 Å². The molecule has 1 aromatic carbocycles. The van der Waals surface area contributed by atoms with Crippen LogP contribution in [-0.2, 0) is 6.61 Å². The monoisotopic (exact) mass is 306 g/mol. The van der Waals surface area contributed by atoms with Gasteiger partial charge < -0.3 is 14.8 Å². The molecule has 4 nitrogen and oxygen atoms in total. The number of ether oxygens (including phenoxy) is 2. The number of nitrogens with zero attached hydrogens (tertiary/aromatic N) is 1. The zero-order valence-corrected chi connectivity index (χ0v) is 13.6. The number of hydrogen-bond acceptors (Lipinski definition) is 5. The molecule has 0 aliphatic carbocycles. The molecular formula is C16H22N2O2S. The summed E-state index contributed by atoms with van der Waals surface area (Å²) in [5.74, 6) is 1.53. The third kappa shape index (κ3) is 4.44. The molecule has 5 heteroatoms. The first-order valence-electron chi connectivity index (χ1n) is 7.16. The van der Waals surface area contributed by atoms with Crippen molar-refractivity contribution in [2.45, 2.75) is 32.9 Å². The van der Waals surface area contributed by atoms with E-state index in [1.807, 2.05) is 18.3 Å². The summed E-state index contributed by atoms with van der Waals surface area (Å²) in [6, 6.07) is 6.39. The second-order valence-corrected chi connectivity index (χ2v) is 5.81. The van der Waals surface area contributed by atoms with Crippen LogP contribution in [0.1, 0.15) is 36.8 Å². The van der Waals surface area contributed by atoms with Gasteiger partial charge in [0, 0.05) is 12.2 Å². The van der Waals surface area contributed by atoms with E-state index in [9.17, 15) is 0 Å². The van der Waals surface area contributed by atoms with Crippen molar-refractivity contribution in [3.8, 4) is 11.5 Å². The Morgan fingerprint density at radius 2 is 2.19 bits per heavy atom. The number of nitrogens with one attached hydrogen (secondary N) is 1. The molecular weight excluding hydrogens is 284 g/mol. The first kappa shape index (κ1) is 15.8. The fourth-order valence-electron chi connectivity index (χ4n) is 2.01. The van der Waals surface area contributed by atoms with Crippen molar-refractivity contribution in [1.29, 1.82) is 0 Å². The molecule has 0 saturated carbocycles. The summed E-state index contributed by atoms with van der Waals surface area (Å²) in [6.07, 6.45) is 2.94. The van der Waals surface area contributed by atoms with E-state index in [-0.39, 0.29) is 0 Å². The molecule has 0 aliphatic heterocycles. The number of hydrogen-bond donors (Lipinski definition) is 1. The third-order valence-electron chi connectivity index (χ3n) is 3.24. The van der Waals surface area contributed by atoms with E-state index in [0.29, 0.717) is 12.6 Å². The molecule has 21 heavy (non-hydrogen) atoms. The number of thiazole rings is 1. The van der Waals surface area contributed by atoms with Gasteiger partial charge in [-0.05, 0) is 37.6 Å². The molecule has 0 fully saturated rings. The summed E-state index contributed by atoms with van der Waals surface area (Å²) >= 11 is 1.59. The van der Waals surface area contributed by atoms with Gasteiger partial charge in [0.2, 0.25) is 0 Å². The fraction of sp³-hybridized carbons (Fsp3) is 0.438. The molecule has 0 amide bonds. The van der Waals surface area contributed by atoms with Crippen LogP contribution in [0.25, 0.3) is 0 Å². The van der Waals surface area contributed by atoms with E-state index in [0.717, 1.165) is 29.3 Å². The highest BCUT2D eigenvalue weighted by Gasteiger charge is 2.10. The predicted molar refractivity (Wildman–Crippen MR) is 86.1 cm³/mol. The third-order valence-corrected chi connectivity index (χ3v) is 3.99. The van der Waals surface area contributed by atoms with Crippen LogP contribution < -0.4 is 14.8 Å². The summed E-state index contributed by atoms with van der Waals surface area (Å²) < 4.78 is 11.3. The van der Waals surface area contributed by atoms with Crippen LogP contribution in [-0.4, -0.2) is 18.6 Å². The molecule has 1 atom stereocenters. The Balaban J connectivity index is 2.05. The average Bonchev–Trinajstić information content (AvgIpc) is 3.03. The van der Waals surface area contributed by atoms with Crippen LogP contribution in [0, 0.1) is 0 Å². The number of methoxy groups -OCH3 is 1. The average molecular weight is 306 g/mol. The van der Waals surface area contributed by atoms with Crippen molar-refractivity contribution in [3.05, 3.63) is 40.3 Å². The maximum Gasteiger partial charge on any atom is 0.161 e. The van der Waals surface area contributed by atoms with E-state index in [1.54, 1.807) is 24.0 Å². The predicted octanol–water partition coefficient (Wildman–Crippen LogP) is 3.79.